The molecule has 3 N–H and O–H groups in total. The van der Waals surface area contributed by atoms with E-state index in [1.54, 1.807) is 12.1 Å². The monoisotopic (exact) mass is 290 g/mol. The normalized spacial score (nSPS) is 10.3. The average molecular weight is 291 g/mol. The maximum absolute atomic E-state index is 11.0. The summed E-state index contributed by atoms with van der Waals surface area (Å²) >= 11 is 5.85. The summed E-state index contributed by atoms with van der Waals surface area (Å²) in [6.45, 7) is 0.616. The molecule has 0 aromatic heterocycles. The summed E-state index contributed by atoms with van der Waals surface area (Å²) in [4.78, 5) is 12.9. The van der Waals surface area contributed by atoms with Crippen LogP contribution in [-0.4, -0.2) is 18.1 Å². The van der Waals surface area contributed by atoms with Crippen molar-refractivity contribution in [1.82, 2.24) is 0 Å². The number of nitrogens with zero attached hydrogens (tertiary/aromatic N) is 1. The van der Waals surface area contributed by atoms with Crippen LogP contribution in [0.15, 0.2) is 42.5 Å². The molecule has 0 amide bonds. The molecular formula is C15H15ClN2O2. The summed E-state index contributed by atoms with van der Waals surface area (Å²) < 4.78 is 0. The Morgan fingerprint density at radius 1 is 1.25 bits per heavy atom. The van der Waals surface area contributed by atoms with Gasteiger partial charge in [-0.2, -0.15) is 0 Å². The first kappa shape index (κ1) is 14.2. The molecule has 20 heavy (non-hydrogen) atoms. The van der Waals surface area contributed by atoms with Crippen LogP contribution in [-0.2, 0) is 6.54 Å². The summed E-state index contributed by atoms with van der Waals surface area (Å²) in [5.41, 5.74) is 8.44. The molecule has 2 rings (SSSR count). The van der Waals surface area contributed by atoms with Crippen LogP contribution in [0.5, 0.6) is 0 Å². The third-order valence-electron chi connectivity index (χ3n) is 3.02. The number of nitrogens with two attached hydrogens (primary N) is 1. The molecule has 0 saturated heterocycles. The number of nitrogen functional groups attached to an aromatic ring is 1. The van der Waals surface area contributed by atoms with Gasteiger partial charge in [0.15, 0.2) is 0 Å². The van der Waals surface area contributed by atoms with Crippen LogP contribution in [0, 0.1) is 0 Å². The average Bonchev–Trinajstić information content (AvgIpc) is 2.41. The molecule has 0 fully saturated rings. The van der Waals surface area contributed by atoms with Gasteiger partial charge >= 0.3 is 5.97 Å². The van der Waals surface area contributed by atoms with E-state index in [1.807, 2.05) is 36.2 Å². The largest absolute Gasteiger partial charge is 0.478 e. The molecular weight excluding hydrogens is 276 g/mol. The second-order valence-corrected chi connectivity index (χ2v) is 5.00. The van der Waals surface area contributed by atoms with Gasteiger partial charge in [-0.1, -0.05) is 23.7 Å². The highest BCUT2D eigenvalue weighted by atomic mass is 35.5. The Morgan fingerprint density at radius 3 is 2.50 bits per heavy atom. The summed E-state index contributed by atoms with van der Waals surface area (Å²) in [6.07, 6.45) is 0. The van der Waals surface area contributed by atoms with Crippen molar-refractivity contribution >= 4 is 28.9 Å². The maximum atomic E-state index is 11.0. The Balaban J connectivity index is 2.24. The van der Waals surface area contributed by atoms with E-state index >= 15 is 0 Å². The van der Waals surface area contributed by atoms with Gasteiger partial charge in [-0.15, -0.1) is 0 Å². The first-order valence-electron chi connectivity index (χ1n) is 6.06. The highest BCUT2D eigenvalue weighted by molar-refractivity contribution is 6.30. The van der Waals surface area contributed by atoms with Crippen molar-refractivity contribution in [2.75, 3.05) is 17.7 Å². The van der Waals surface area contributed by atoms with Gasteiger partial charge in [0.25, 0.3) is 0 Å². The molecule has 0 saturated carbocycles. The van der Waals surface area contributed by atoms with Crippen LogP contribution in [0.2, 0.25) is 5.02 Å². The fourth-order valence-corrected chi connectivity index (χ4v) is 2.08. The van der Waals surface area contributed by atoms with Gasteiger partial charge in [-0.05, 0) is 35.9 Å². The van der Waals surface area contributed by atoms with E-state index in [9.17, 15) is 4.79 Å². The zero-order valence-corrected chi connectivity index (χ0v) is 11.8. The minimum Gasteiger partial charge on any atom is -0.478 e. The second kappa shape index (κ2) is 5.84. The lowest BCUT2D eigenvalue weighted by molar-refractivity contribution is 0.0697. The molecule has 0 atom stereocenters. The van der Waals surface area contributed by atoms with Crippen molar-refractivity contribution in [2.45, 2.75) is 6.54 Å². The number of rotatable bonds is 4. The van der Waals surface area contributed by atoms with Crippen LogP contribution in [0.25, 0.3) is 0 Å². The minimum absolute atomic E-state index is 0.220. The van der Waals surface area contributed by atoms with E-state index in [1.165, 1.54) is 6.07 Å². The molecule has 0 aliphatic carbocycles. The predicted molar refractivity (Wildman–Crippen MR) is 81.4 cm³/mol. The van der Waals surface area contributed by atoms with E-state index < -0.39 is 5.97 Å². The Hall–Kier alpha value is -2.20. The van der Waals surface area contributed by atoms with Gasteiger partial charge in [0.1, 0.15) is 0 Å². The van der Waals surface area contributed by atoms with Crippen LogP contribution < -0.4 is 10.6 Å². The first-order valence-corrected chi connectivity index (χ1v) is 6.43. The summed E-state index contributed by atoms with van der Waals surface area (Å²) in [6, 6.07) is 12.2. The minimum atomic E-state index is -0.967. The molecule has 0 aliphatic heterocycles. The lowest BCUT2D eigenvalue weighted by Gasteiger charge is -2.21. The van der Waals surface area contributed by atoms with Crippen LogP contribution in [0.3, 0.4) is 0 Å². The summed E-state index contributed by atoms with van der Waals surface area (Å²) in [7, 11) is 1.87. The molecule has 0 aliphatic rings. The number of benzene rings is 2. The highest BCUT2D eigenvalue weighted by Gasteiger charge is 2.10. The molecule has 4 nitrogen and oxygen atoms in total. The molecule has 0 spiro atoms. The summed E-state index contributed by atoms with van der Waals surface area (Å²) in [5.74, 6) is -0.967. The molecule has 0 heterocycles. The number of carbonyl (C=O) groups is 1. The van der Waals surface area contributed by atoms with Gasteiger partial charge in [0.2, 0.25) is 0 Å². The van der Waals surface area contributed by atoms with Crippen molar-refractivity contribution in [3.63, 3.8) is 0 Å². The number of carboxylic acids is 1. The quantitative estimate of drug-likeness (QED) is 0.848. The molecule has 104 valence electrons. The maximum Gasteiger partial charge on any atom is 0.335 e. The second-order valence-electron chi connectivity index (χ2n) is 4.56. The molecule has 0 radical (unpaired) electrons. The lowest BCUT2D eigenvalue weighted by Crippen LogP contribution is -2.18. The van der Waals surface area contributed by atoms with Crippen molar-refractivity contribution in [3.8, 4) is 0 Å². The number of halogens is 1. The third kappa shape index (κ3) is 3.22. The first-order chi connectivity index (χ1) is 9.47. The van der Waals surface area contributed by atoms with E-state index in [-0.39, 0.29) is 5.56 Å². The van der Waals surface area contributed by atoms with Crippen LogP contribution in [0.1, 0.15) is 15.9 Å². The van der Waals surface area contributed by atoms with Gasteiger partial charge < -0.3 is 15.7 Å². The summed E-state index contributed by atoms with van der Waals surface area (Å²) in [5, 5.41) is 9.71. The van der Waals surface area contributed by atoms with Gasteiger partial charge in [0, 0.05) is 18.6 Å². The highest BCUT2D eigenvalue weighted by Crippen LogP contribution is 2.25. The van der Waals surface area contributed by atoms with E-state index in [0.717, 1.165) is 5.56 Å². The number of carboxylic acid groups (broad SMARTS) is 1. The smallest absolute Gasteiger partial charge is 0.335 e. The van der Waals surface area contributed by atoms with Gasteiger partial charge in [-0.25, -0.2) is 4.79 Å². The SMILES string of the molecule is CN(Cc1ccc(Cl)cc1)c1cc(C(=O)O)ccc1N. The number of hydrogen-bond donors (Lipinski definition) is 2. The van der Waals surface area contributed by atoms with Crippen molar-refractivity contribution < 1.29 is 9.90 Å². The number of aromatic carboxylic acids is 1. The zero-order valence-electron chi connectivity index (χ0n) is 11.0. The Bertz CT molecular complexity index is 626. The fourth-order valence-electron chi connectivity index (χ4n) is 1.96. The Labute approximate surface area is 122 Å². The van der Waals surface area contributed by atoms with E-state index in [4.69, 9.17) is 22.4 Å². The number of anilines is 2. The molecule has 5 heteroatoms. The van der Waals surface area contributed by atoms with Crippen molar-refractivity contribution in [3.05, 3.63) is 58.6 Å². The van der Waals surface area contributed by atoms with E-state index in [0.29, 0.717) is 22.9 Å². The van der Waals surface area contributed by atoms with E-state index in [2.05, 4.69) is 0 Å². The third-order valence-corrected chi connectivity index (χ3v) is 3.27. The lowest BCUT2D eigenvalue weighted by atomic mass is 10.1. The molecule has 2 aromatic carbocycles. The van der Waals surface area contributed by atoms with Crippen LogP contribution in [0.4, 0.5) is 11.4 Å². The topological polar surface area (TPSA) is 66.6 Å². The Morgan fingerprint density at radius 2 is 1.90 bits per heavy atom. The van der Waals surface area contributed by atoms with Crippen LogP contribution >= 0.6 is 11.6 Å². The van der Waals surface area contributed by atoms with Crippen molar-refractivity contribution in [2.24, 2.45) is 0 Å². The van der Waals surface area contributed by atoms with Gasteiger partial charge in [0.05, 0.1) is 16.9 Å². The molecule has 2 aromatic rings. The number of hydrogen-bond acceptors (Lipinski definition) is 3. The fraction of sp³-hybridized carbons (Fsp3) is 0.133. The van der Waals surface area contributed by atoms with Gasteiger partial charge in [-0.3, -0.25) is 0 Å². The zero-order chi connectivity index (χ0) is 14.7. The Kier molecular flexibility index (Phi) is 4.15. The molecule has 0 bridgehead atoms. The molecule has 0 unspecified atom stereocenters. The van der Waals surface area contributed by atoms with Crippen molar-refractivity contribution in [1.29, 1.82) is 0 Å². The predicted octanol–water partition coefficient (Wildman–Crippen LogP) is 3.26. The standard InChI is InChI=1S/C15H15ClN2O2/c1-18(9-10-2-5-12(16)6-3-10)14-8-11(15(19)20)4-7-13(14)17/h2-8H,9,17H2,1H3,(H,19,20).